The lowest BCUT2D eigenvalue weighted by molar-refractivity contribution is -0.136. The van der Waals surface area contributed by atoms with Gasteiger partial charge in [-0.3, -0.25) is 0 Å². The van der Waals surface area contributed by atoms with Crippen LogP contribution in [-0.4, -0.2) is 47.5 Å². The van der Waals surface area contributed by atoms with E-state index in [9.17, 15) is 18.0 Å². The van der Waals surface area contributed by atoms with Gasteiger partial charge in [0.2, 0.25) is 0 Å². The highest BCUT2D eigenvalue weighted by Crippen LogP contribution is 2.33. The summed E-state index contributed by atoms with van der Waals surface area (Å²) in [5.41, 5.74) is 0.317. The minimum Gasteiger partial charge on any atom is -0.497 e. The Balaban J connectivity index is 2.14. The molecule has 2 aromatic carbocycles. The van der Waals surface area contributed by atoms with Crippen molar-refractivity contribution in [3.63, 3.8) is 0 Å². The first kappa shape index (κ1) is 23.4. The number of carbonyl (C=O) groups is 2. The highest BCUT2D eigenvalue weighted by atomic mass is 35.5. The van der Waals surface area contributed by atoms with Crippen molar-refractivity contribution in [2.24, 2.45) is 0 Å². The average molecular weight is 481 g/mol. The predicted octanol–water partition coefficient (Wildman–Crippen LogP) is 2.61. The van der Waals surface area contributed by atoms with Gasteiger partial charge in [-0.15, -0.1) is 0 Å². The van der Waals surface area contributed by atoms with Gasteiger partial charge in [-0.25, -0.2) is 18.0 Å². The lowest BCUT2D eigenvalue weighted by Gasteiger charge is -2.29. The number of halogens is 1. The number of hydrogen-bond donors (Lipinski definition) is 2. The van der Waals surface area contributed by atoms with Crippen molar-refractivity contribution in [1.29, 1.82) is 0 Å². The van der Waals surface area contributed by atoms with E-state index in [2.05, 4.69) is 10.6 Å². The molecule has 0 unspecified atom stereocenters. The van der Waals surface area contributed by atoms with Crippen LogP contribution >= 0.6 is 11.6 Å². The molecule has 0 aromatic heterocycles. The minimum absolute atomic E-state index is 0.0557. The highest BCUT2D eigenvalue weighted by Gasteiger charge is 2.36. The Kier molecular flexibility index (Phi) is 6.95. The van der Waals surface area contributed by atoms with Crippen LogP contribution in [0, 0.1) is 0 Å². The van der Waals surface area contributed by atoms with Gasteiger partial charge in [0, 0.05) is 16.8 Å². The molecule has 0 spiro atoms. The Hall–Kier alpha value is -3.24. The molecule has 1 aliphatic heterocycles. The van der Waals surface area contributed by atoms with E-state index in [0.29, 0.717) is 16.3 Å². The van der Waals surface area contributed by atoms with Gasteiger partial charge in [0.1, 0.15) is 16.4 Å². The molecule has 1 atom stereocenters. The van der Waals surface area contributed by atoms with E-state index in [1.54, 1.807) is 30.3 Å². The fraction of sp³-hybridized carbons (Fsp3) is 0.238. The molecule has 2 amide bonds. The van der Waals surface area contributed by atoms with Crippen LogP contribution < -0.4 is 20.1 Å². The van der Waals surface area contributed by atoms with E-state index in [4.69, 9.17) is 25.8 Å². The molecule has 0 bridgehead atoms. The molecule has 9 nitrogen and oxygen atoms in total. The molecule has 170 valence electrons. The Morgan fingerprint density at radius 1 is 1.09 bits per heavy atom. The number of esters is 1. The molecule has 2 aromatic rings. The summed E-state index contributed by atoms with van der Waals surface area (Å²) in [7, 11) is -0.185. The monoisotopic (exact) mass is 480 g/mol. The van der Waals surface area contributed by atoms with Crippen molar-refractivity contribution in [2.45, 2.75) is 10.9 Å². The quantitative estimate of drug-likeness (QED) is 0.584. The number of sulfone groups is 1. The first-order valence-electron chi connectivity index (χ1n) is 9.29. The van der Waals surface area contributed by atoms with Crippen LogP contribution in [0.1, 0.15) is 11.6 Å². The second-order valence-electron chi connectivity index (χ2n) is 6.75. The number of nitrogens with one attached hydrogen (secondary N) is 2. The normalized spacial score (nSPS) is 16.1. The summed E-state index contributed by atoms with van der Waals surface area (Å²) in [6, 6.07) is 9.19. The molecule has 1 aliphatic rings. The maximum atomic E-state index is 13.3. The fourth-order valence-corrected chi connectivity index (χ4v) is 5.03. The van der Waals surface area contributed by atoms with Crippen LogP contribution in [0.4, 0.5) is 4.79 Å². The number of amides is 2. The number of ether oxygens (including phenoxy) is 3. The van der Waals surface area contributed by atoms with E-state index in [1.165, 1.54) is 26.4 Å². The van der Waals surface area contributed by atoms with Gasteiger partial charge in [-0.1, -0.05) is 23.7 Å². The summed E-state index contributed by atoms with van der Waals surface area (Å²) < 4.78 is 41.8. The zero-order valence-electron chi connectivity index (χ0n) is 17.5. The number of benzene rings is 2. The summed E-state index contributed by atoms with van der Waals surface area (Å²) >= 11 is 6.06. The molecule has 11 heteroatoms. The van der Waals surface area contributed by atoms with Crippen molar-refractivity contribution in [3.05, 3.63) is 64.3 Å². The largest absolute Gasteiger partial charge is 0.497 e. The van der Waals surface area contributed by atoms with Gasteiger partial charge in [0.15, 0.2) is 9.84 Å². The van der Waals surface area contributed by atoms with Crippen LogP contribution in [0.5, 0.6) is 11.5 Å². The Bertz CT molecular complexity index is 1190. The molecule has 0 aliphatic carbocycles. The summed E-state index contributed by atoms with van der Waals surface area (Å²) in [6.07, 6.45) is 0. The maximum absolute atomic E-state index is 13.3. The highest BCUT2D eigenvalue weighted by molar-refractivity contribution is 7.91. The first-order chi connectivity index (χ1) is 15.2. The summed E-state index contributed by atoms with van der Waals surface area (Å²) in [5, 5.41) is 5.43. The lowest BCUT2D eigenvalue weighted by Crippen LogP contribution is -2.47. The van der Waals surface area contributed by atoms with Crippen molar-refractivity contribution >= 4 is 33.4 Å². The van der Waals surface area contributed by atoms with Crippen molar-refractivity contribution in [3.8, 4) is 11.5 Å². The molecule has 32 heavy (non-hydrogen) atoms. The molecule has 0 fully saturated rings. The van der Waals surface area contributed by atoms with E-state index < -0.39 is 33.6 Å². The molecule has 2 N–H and O–H groups in total. The molecule has 1 heterocycles. The standard InChI is InChI=1S/C21H21ClN2O7S/c1-29-14-7-8-16(30-2)17(10-14)32(27,28)11-15-18(20(25)31-3)19(24-21(26)23-15)12-5-4-6-13(22)9-12/h4-10,19H,11H2,1-3H3,(H2,23,24,26)/t19-/m0/s1. The van der Waals surface area contributed by atoms with E-state index >= 15 is 0 Å². The van der Waals surface area contributed by atoms with Gasteiger partial charge in [-0.2, -0.15) is 0 Å². The van der Waals surface area contributed by atoms with Crippen molar-refractivity contribution in [1.82, 2.24) is 10.6 Å². The smallest absolute Gasteiger partial charge is 0.338 e. The second-order valence-corrected chi connectivity index (χ2v) is 9.14. The fourth-order valence-electron chi connectivity index (χ4n) is 3.31. The van der Waals surface area contributed by atoms with Gasteiger partial charge < -0.3 is 24.8 Å². The third-order valence-corrected chi connectivity index (χ3v) is 6.67. The number of urea groups is 1. The third kappa shape index (κ3) is 4.81. The summed E-state index contributed by atoms with van der Waals surface area (Å²) in [6.45, 7) is 0. The molecular weight excluding hydrogens is 460 g/mol. The number of carbonyl (C=O) groups excluding carboxylic acids is 2. The Morgan fingerprint density at radius 2 is 1.84 bits per heavy atom. The summed E-state index contributed by atoms with van der Waals surface area (Å²) in [4.78, 5) is 24.9. The number of rotatable bonds is 7. The van der Waals surface area contributed by atoms with Crippen LogP contribution in [0.2, 0.25) is 5.02 Å². The van der Waals surface area contributed by atoms with E-state index in [0.717, 1.165) is 7.11 Å². The van der Waals surface area contributed by atoms with Gasteiger partial charge >= 0.3 is 12.0 Å². The van der Waals surface area contributed by atoms with Crippen LogP contribution in [0.3, 0.4) is 0 Å². The first-order valence-corrected chi connectivity index (χ1v) is 11.3. The molecule has 0 saturated carbocycles. The van der Waals surface area contributed by atoms with E-state index in [1.807, 2.05) is 0 Å². The molecular formula is C21H21ClN2O7S. The molecule has 0 radical (unpaired) electrons. The molecule has 0 saturated heterocycles. The van der Waals surface area contributed by atoms with Gasteiger partial charge in [0.25, 0.3) is 0 Å². The molecule has 3 rings (SSSR count). The summed E-state index contributed by atoms with van der Waals surface area (Å²) in [5.74, 6) is -1.09. The average Bonchev–Trinajstić information content (AvgIpc) is 2.77. The Morgan fingerprint density at radius 3 is 2.47 bits per heavy atom. The third-order valence-electron chi connectivity index (χ3n) is 4.78. The zero-order chi connectivity index (χ0) is 23.5. The van der Waals surface area contributed by atoms with Crippen LogP contribution in [-0.2, 0) is 19.4 Å². The van der Waals surface area contributed by atoms with Gasteiger partial charge in [0.05, 0.1) is 38.7 Å². The lowest BCUT2D eigenvalue weighted by atomic mass is 9.95. The van der Waals surface area contributed by atoms with Crippen molar-refractivity contribution < 1.29 is 32.2 Å². The zero-order valence-corrected chi connectivity index (χ0v) is 19.0. The van der Waals surface area contributed by atoms with Crippen LogP contribution in [0.25, 0.3) is 0 Å². The SMILES string of the molecule is COC(=O)C1=C(CS(=O)(=O)c2cc(OC)ccc2OC)NC(=O)N[C@H]1c1cccc(Cl)c1. The second kappa shape index (κ2) is 9.49. The van der Waals surface area contributed by atoms with Gasteiger partial charge in [-0.05, 0) is 29.8 Å². The van der Waals surface area contributed by atoms with Crippen LogP contribution in [0.15, 0.2) is 58.6 Å². The van der Waals surface area contributed by atoms with Crippen molar-refractivity contribution in [2.75, 3.05) is 27.1 Å². The topological polar surface area (TPSA) is 120 Å². The maximum Gasteiger partial charge on any atom is 0.338 e. The Labute approximate surface area is 190 Å². The number of methoxy groups -OCH3 is 3. The minimum atomic E-state index is -4.09. The van der Waals surface area contributed by atoms with E-state index in [-0.39, 0.29) is 21.9 Å². The number of hydrogen-bond acceptors (Lipinski definition) is 7. The predicted molar refractivity (Wildman–Crippen MR) is 117 cm³/mol.